The fraction of sp³-hybridized carbons (Fsp3) is 0.255. The number of allylic oxidation sites excluding steroid dienone is 1. The number of thioether (sulfide) groups is 1. The molecule has 274 valence electrons. The van der Waals surface area contributed by atoms with Crippen LogP contribution in [-0.2, 0) is 23.8 Å². The molecule has 1 heterocycles. The van der Waals surface area contributed by atoms with Crippen molar-refractivity contribution in [2.75, 3.05) is 18.9 Å². The fourth-order valence-electron chi connectivity index (χ4n) is 7.86. The highest BCUT2D eigenvalue weighted by molar-refractivity contribution is 8.00. The minimum atomic E-state index is -0.762. The molecule has 1 aliphatic heterocycles. The van der Waals surface area contributed by atoms with Crippen LogP contribution in [-0.4, -0.2) is 53.8 Å². The molecule has 1 fully saturated rings. The first-order valence-corrected chi connectivity index (χ1v) is 19.7. The van der Waals surface area contributed by atoms with Gasteiger partial charge in [-0.2, -0.15) is 0 Å². The maximum absolute atomic E-state index is 13.6. The number of benzene rings is 5. The Bertz CT molecular complexity index is 1940. The monoisotopic (exact) mass is 735 g/mol. The Morgan fingerprint density at radius 3 is 1.81 bits per heavy atom. The molecule has 1 amide bonds. The van der Waals surface area contributed by atoms with Crippen molar-refractivity contribution in [3.05, 3.63) is 179 Å². The van der Waals surface area contributed by atoms with Crippen LogP contribution >= 0.6 is 11.8 Å². The van der Waals surface area contributed by atoms with E-state index in [0.717, 1.165) is 28.0 Å². The fourth-order valence-corrected chi connectivity index (χ4v) is 9.33. The van der Waals surface area contributed by atoms with Gasteiger partial charge in [-0.3, -0.25) is 9.69 Å². The Morgan fingerprint density at radius 1 is 0.759 bits per heavy atom. The molecular weight excluding hydrogens is 691 g/mol. The Morgan fingerprint density at radius 2 is 1.28 bits per heavy atom. The van der Waals surface area contributed by atoms with Crippen molar-refractivity contribution in [3.63, 3.8) is 0 Å². The van der Waals surface area contributed by atoms with Crippen molar-refractivity contribution < 1.29 is 23.9 Å². The summed E-state index contributed by atoms with van der Waals surface area (Å²) in [6, 6.07) is 47.3. The van der Waals surface area contributed by atoms with E-state index in [1.165, 1.54) is 28.5 Å². The number of fused-ring (bicyclic) bond motifs is 3. The van der Waals surface area contributed by atoms with Crippen LogP contribution < -0.4 is 0 Å². The molecule has 0 radical (unpaired) electrons. The largest absolute Gasteiger partial charge is 0.456 e. The number of rotatable bonds is 14. The SMILES string of the molecule is CC(=O)C[C@@H](/C=C/CCSC(c1ccccc1)(c1ccccc1)c1ccccc1)OC(=O)[C@@H]1CCCN1C(=O)OCC1c2ccccc2-c2ccccc21. The van der Waals surface area contributed by atoms with E-state index in [4.69, 9.17) is 9.47 Å². The molecule has 0 bridgehead atoms. The molecule has 7 heteroatoms. The van der Waals surface area contributed by atoms with Gasteiger partial charge >= 0.3 is 12.1 Å². The van der Waals surface area contributed by atoms with E-state index in [1.54, 1.807) is 0 Å². The molecule has 0 spiro atoms. The average Bonchev–Trinajstić information content (AvgIpc) is 3.83. The number of likely N-dealkylation sites (tertiary alicyclic amines) is 1. The summed E-state index contributed by atoms with van der Waals surface area (Å²) in [5.74, 6) is 0.106. The van der Waals surface area contributed by atoms with Crippen molar-refractivity contribution >= 4 is 29.6 Å². The minimum Gasteiger partial charge on any atom is -0.456 e. The van der Waals surface area contributed by atoms with Crippen LogP contribution in [0.25, 0.3) is 11.1 Å². The van der Waals surface area contributed by atoms with Crippen molar-refractivity contribution in [2.24, 2.45) is 0 Å². The van der Waals surface area contributed by atoms with Crippen LogP contribution in [0.3, 0.4) is 0 Å². The van der Waals surface area contributed by atoms with E-state index < -0.39 is 29.0 Å². The molecule has 6 nitrogen and oxygen atoms in total. The van der Waals surface area contributed by atoms with Crippen LogP contribution in [0.5, 0.6) is 0 Å². The molecule has 1 aliphatic carbocycles. The van der Waals surface area contributed by atoms with Crippen molar-refractivity contribution in [1.82, 2.24) is 4.90 Å². The van der Waals surface area contributed by atoms with Gasteiger partial charge in [0.2, 0.25) is 0 Å². The zero-order chi connectivity index (χ0) is 37.3. The minimum absolute atomic E-state index is 0.0645. The quantitative estimate of drug-likeness (QED) is 0.0490. The number of Topliss-reactive ketones (excluding diaryl/α,β-unsaturated/α-hetero) is 1. The van der Waals surface area contributed by atoms with Gasteiger partial charge in [0.05, 0.1) is 4.75 Å². The smallest absolute Gasteiger partial charge is 0.410 e. The zero-order valence-corrected chi connectivity index (χ0v) is 31.3. The van der Waals surface area contributed by atoms with Gasteiger partial charge in [-0.25, -0.2) is 9.59 Å². The number of nitrogens with zero attached hydrogens (tertiary/aromatic N) is 1. The molecule has 0 unspecified atom stereocenters. The van der Waals surface area contributed by atoms with Crippen LogP contribution in [0.1, 0.15) is 66.3 Å². The predicted octanol–water partition coefficient (Wildman–Crippen LogP) is 9.96. The number of ether oxygens (including phenoxy) is 2. The van der Waals surface area contributed by atoms with E-state index in [2.05, 4.69) is 97.1 Å². The maximum Gasteiger partial charge on any atom is 0.410 e. The number of amides is 1. The normalized spacial score (nSPS) is 15.8. The molecule has 2 atom stereocenters. The van der Waals surface area contributed by atoms with Gasteiger partial charge in [-0.15, -0.1) is 11.8 Å². The lowest BCUT2D eigenvalue weighted by Gasteiger charge is -2.35. The van der Waals surface area contributed by atoms with Crippen LogP contribution in [0.2, 0.25) is 0 Å². The summed E-state index contributed by atoms with van der Waals surface area (Å²) in [5, 5.41) is 0. The highest BCUT2D eigenvalue weighted by Crippen LogP contribution is 2.49. The van der Waals surface area contributed by atoms with Crippen LogP contribution in [0.15, 0.2) is 152 Å². The molecule has 2 aliphatic rings. The van der Waals surface area contributed by atoms with E-state index >= 15 is 0 Å². The Balaban J connectivity index is 1.00. The first-order chi connectivity index (χ1) is 26.5. The molecule has 5 aromatic carbocycles. The average molecular weight is 736 g/mol. The van der Waals surface area contributed by atoms with Gasteiger partial charge in [0.1, 0.15) is 24.5 Å². The molecule has 0 aromatic heterocycles. The third-order valence-corrected chi connectivity index (χ3v) is 11.9. The van der Waals surface area contributed by atoms with E-state index in [1.807, 2.05) is 66.4 Å². The molecule has 0 N–H and O–H groups in total. The molecular formula is C47H45NO5S. The second kappa shape index (κ2) is 17.2. The predicted molar refractivity (Wildman–Crippen MR) is 215 cm³/mol. The molecule has 0 saturated carbocycles. The lowest BCUT2D eigenvalue weighted by molar-refractivity contribution is -0.152. The number of hydrogen-bond donors (Lipinski definition) is 0. The number of carbonyl (C=O) groups excluding carboxylic acids is 3. The summed E-state index contributed by atoms with van der Waals surface area (Å²) in [7, 11) is 0. The first kappa shape index (κ1) is 36.9. The van der Waals surface area contributed by atoms with Gasteiger partial charge < -0.3 is 9.47 Å². The standard InChI is InChI=1S/C47H45NO5S/c1-34(49)32-38(24-15-16-31-54-47(35-18-5-2-6-19-35,36-20-7-3-8-21-36)37-22-9-4-10-23-37)53-45(50)44-29-17-30-48(44)46(51)52-33-43-41-27-13-11-25-39(41)40-26-12-14-28-42(40)43/h2-15,18-28,38,43-44H,16-17,29-33H2,1H3/b24-15+/t38-,44+/m1/s1. The topological polar surface area (TPSA) is 72.9 Å². The lowest BCUT2D eigenvalue weighted by atomic mass is 9.84. The van der Waals surface area contributed by atoms with Crippen LogP contribution in [0.4, 0.5) is 4.79 Å². The third-order valence-electron chi connectivity index (χ3n) is 10.3. The summed E-state index contributed by atoms with van der Waals surface area (Å²) in [4.78, 5) is 40.8. The Kier molecular flexibility index (Phi) is 11.7. The van der Waals surface area contributed by atoms with Gasteiger partial charge in [-0.1, -0.05) is 146 Å². The Hall–Kier alpha value is -5.40. The third kappa shape index (κ3) is 7.92. The molecule has 1 saturated heterocycles. The highest BCUT2D eigenvalue weighted by Gasteiger charge is 2.39. The second-order valence-electron chi connectivity index (χ2n) is 13.9. The van der Waals surface area contributed by atoms with E-state index in [9.17, 15) is 14.4 Å². The summed E-state index contributed by atoms with van der Waals surface area (Å²) >= 11 is 1.85. The molecule has 5 aromatic rings. The number of ketones is 1. The summed E-state index contributed by atoms with van der Waals surface area (Å²) in [6.07, 6.45) is 4.48. The number of hydrogen-bond acceptors (Lipinski definition) is 6. The van der Waals surface area contributed by atoms with E-state index in [-0.39, 0.29) is 24.7 Å². The maximum atomic E-state index is 13.6. The van der Waals surface area contributed by atoms with Gasteiger partial charge in [-0.05, 0) is 77.0 Å². The van der Waals surface area contributed by atoms with Gasteiger partial charge in [0.25, 0.3) is 0 Å². The van der Waals surface area contributed by atoms with Gasteiger partial charge in [0, 0.05) is 18.9 Å². The van der Waals surface area contributed by atoms with Crippen LogP contribution in [0, 0.1) is 0 Å². The second-order valence-corrected chi connectivity index (χ2v) is 15.2. The molecule has 54 heavy (non-hydrogen) atoms. The summed E-state index contributed by atoms with van der Waals surface area (Å²) < 4.78 is 11.4. The van der Waals surface area contributed by atoms with Crippen molar-refractivity contribution in [3.8, 4) is 11.1 Å². The number of esters is 1. The lowest BCUT2D eigenvalue weighted by Crippen LogP contribution is -2.43. The summed E-state index contributed by atoms with van der Waals surface area (Å²) in [5.41, 5.74) is 8.15. The number of carbonyl (C=O) groups is 3. The summed E-state index contributed by atoms with van der Waals surface area (Å²) in [6.45, 7) is 2.09. The van der Waals surface area contributed by atoms with Crippen molar-refractivity contribution in [2.45, 2.75) is 55.4 Å². The molecule has 7 rings (SSSR count). The first-order valence-electron chi connectivity index (χ1n) is 18.7. The van der Waals surface area contributed by atoms with Crippen molar-refractivity contribution in [1.29, 1.82) is 0 Å². The van der Waals surface area contributed by atoms with E-state index in [0.29, 0.717) is 25.8 Å². The Labute approximate surface area is 322 Å². The zero-order valence-electron chi connectivity index (χ0n) is 30.5. The van der Waals surface area contributed by atoms with Gasteiger partial charge in [0.15, 0.2) is 0 Å². The highest BCUT2D eigenvalue weighted by atomic mass is 32.2.